The third-order valence-electron chi connectivity index (χ3n) is 2.79. The topological polar surface area (TPSA) is 55.9 Å². The number of nitrogens with zero attached hydrogens (tertiary/aromatic N) is 2. The summed E-state index contributed by atoms with van der Waals surface area (Å²) in [6.07, 6.45) is 4.70. The van der Waals surface area contributed by atoms with Crippen molar-refractivity contribution in [2.45, 2.75) is 25.9 Å². The Balaban J connectivity index is 2.27. The van der Waals surface area contributed by atoms with Gasteiger partial charge >= 0.3 is 0 Å². The quantitative estimate of drug-likeness (QED) is 0.628. The van der Waals surface area contributed by atoms with Gasteiger partial charge in [0.2, 0.25) is 0 Å². The predicted octanol–water partition coefficient (Wildman–Crippen LogP) is 1.98. The monoisotopic (exact) mass is 248 g/mol. The van der Waals surface area contributed by atoms with Gasteiger partial charge < -0.3 is 0 Å². The second-order valence-corrected chi connectivity index (χ2v) is 4.19. The number of nitrogens with one attached hydrogen (secondary N) is 1. The molecule has 2 rings (SSSR count). The van der Waals surface area contributed by atoms with Crippen LogP contribution < -0.4 is 11.3 Å². The van der Waals surface area contributed by atoms with Crippen LogP contribution in [0.2, 0.25) is 0 Å². The van der Waals surface area contributed by atoms with Crippen LogP contribution in [-0.4, -0.2) is 9.78 Å². The zero-order chi connectivity index (χ0) is 13.0. The normalized spacial score (nSPS) is 12.6. The van der Waals surface area contributed by atoms with E-state index < -0.39 is 0 Å². The van der Waals surface area contributed by atoms with Crippen LogP contribution in [0.1, 0.15) is 30.5 Å². The molecule has 0 fully saturated rings. The van der Waals surface area contributed by atoms with Gasteiger partial charge in [0.1, 0.15) is 5.82 Å². The summed E-state index contributed by atoms with van der Waals surface area (Å²) in [6, 6.07) is 6.15. The van der Waals surface area contributed by atoms with Gasteiger partial charge in [-0.25, -0.2) is 9.82 Å². The van der Waals surface area contributed by atoms with Gasteiger partial charge in [-0.15, -0.1) is 0 Å². The minimum atomic E-state index is -0.270. The number of nitrogens with two attached hydrogens (primary N) is 1. The molecule has 96 valence electrons. The molecule has 1 atom stereocenters. The number of hydrogen-bond acceptors (Lipinski definition) is 3. The molecule has 0 radical (unpaired) electrons. The molecular weight excluding hydrogens is 231 g/mol. The van der Waals surface area contributed by atoms with Crippen molar-refractivity contribution in [1.82, 2.24) is 15.2 Å². The van der Waals surface area contributed by atoms with Crippen molar-refractivity contribution >= 4 is 0 Å². The van der Waals surface area contributed by atoms with Gasteiger partial charge in [0.15, 0.2) is 0 Å². The summed E-state index contributed by atoms with van der Waals surface area (Å²) < 4.78 is 15.1. The van der Waals surface area contributed by atoms with E-state index in [9.17, 15) is 4.39 Å². The summed E-state index contributed by atoms with van der Waals surface area (Å²) in [7, 11) is 0. The van der Waals surface area contributed by atoms with E-state index in [0.717, 1.165) is 24.1 Å². The first-order valence-corrected chi connectivity index (χ1v) is 5.98. The average molecular weight is 248 g/mol. The van der Waals surface area contributed by atoms with E-state index >= 15 is 0 Å². The van der Waals surface area contributed by atoms with Crippen molar-refractivity contribution in [3.63, 3.8) is 0 Å². The van der Waals surface area contributed by atoms with E-state index in [0.29, 0.717) is 0 Å². The van der Waals surface area contributed by atoms with Crippen LogP contribution in [0.25, 0.3) is 0 Å². The molecule has 0 saturated carbocycles. The summed E-state index contributed by atoms with van der Waals surface area (Å²) >= 11 is 0. The van der Waals surface area contributed by atoms with E-state index in [2.05, 4.69) is 17.4 Å². The second kappa shape index (κ2) is 5.75. The van der Waals surface area contributed by atoms with Crippen LogP contribution in [0.5, 0.6) is 0 Å². The first-order chi connectivity index (χ1) is 8.74. The molecular formula is C13H17FN4. The molecule has 5 heteroatoms. The summed E-state index contributed by atoms with van der Waals surface area (Å²) in [4.78, 5) is 0. The zero-order valence-electron chi connectivity index (χ0n) is 10.3. The Kier molecular flexibility index (Phi) is 4.07. The lowest BCUT2D eigenvalue weighted by molar-refractivity contribution is 0.594. The van der Waals surface area contributed by atoms with Crippen molar-refractivity contribution in [3.8, 4) is 0 Å². The molecule has 1 unspecified atom stereocenters. The Morgan fingerprint density at radius 1 is 1.44 bits per heavy atom. The highest BCUT2D eigenvalue weighted by atomic mass is 19.1. The third kappa shape index (κ3) is 2.75. The number of benzene rings is 1. The molecule has 2 aromatic rings. The van der Waals surface area contributed by atoms with Gasteiger partial charge in [-0.2, -0.15) is 5.10 Å². The largest absolute Gasteiger partial charge is 0.272 e. The van der Waals surface area contributed by atoms with Crippen molar-refractivity contribution in [3.05, 3.63) is 53.6 Å². The number of halogens is 1. The van der Waals surface area contributed by atoms with Crippen molar-refractivity contribution in [1.29, 1.82) is 0 Å². The molecule has 0 aliphatic rings. The Labute approximate surface area is 106 Å². The number of hydrazine groups is 1. The highest BCUT2D eigenvalue weighted by Gasteiger charge is 2.14. The molecule has 3 N–H and O–H groups in total. The van der Waals surface area contributed by atoms with Crippen LogP contribution in [0.15, 0.2) is 36.7 Å². The molecule has 0 saturated heterocycles. The van der Waals surface area contributed by atoms with Crippen LogP contribution in [-0.2, 0) is 6.54 Å². The summed E-state index contributed by atoms with van der Waals surface area (Å²) in [5.74, 6) is 5.29. The lowest BCUT2D eigenvalue weighted by atomic mass is 10.0. The Hall–Kier alpha value is -1.72. The van der Waals surface area contributed by atoms with Gasteiger partial charge in [0.25, 0.3) is 0 Å². The summed E-state index contributed by atoms with van der Waals surface area (Å²) in [5.41, 5.74) is 4.41. The molecule has 18 heavy (non-hydrogen) atoms. The molecule has 0 amide bonds. The standard InChI is InChI=1S/C13H17FN4/c1-2-6-18-9-11(8-16-18)13(17-15)10-4-3-5-12(14)7-10/h3-5,7-9,13,17H,2,6,15H2,1H3. The fourth-order valence-electron chi connectivity index (χ4n) is 1.95. The smallest absolute Gasteiger partial charge is 0.123 e. The Morgan fingerprint density at radius 3 is 2.94 bits per heavy atom. The first-order valence-electron chi connectivity index (χ1n) is 5.98. The molecule has 0 aliphatic heterocycles. The summed E-state index contributed by atoms with van der Waals surface area (Å²) in [6.45, 7) is 2.95. The Morgan fingerprint density at radius 2 is 2.28 bits per heavy atom. The number of rotatable bonds is 5. The molecule has 0 spiro atoms. The van der Waals surface area contributed by atoms with Crippen LogP contribution in [0.3, 0.4) is 0 Å². The summed E-state index contributed by atoms with van der Waals surface area (Å²) in [5, 5.41) is 4.25. The van der Waals surface area contributed by atoms with E-state index in [-0.39, 0.29) is 11.9 Å². The maximum absolute atomic E-state index is 13.2. The van der Waals surface area contributed by atoms with Crippen molar-refractivity contribution < 1.29 is 4.39 Å². The van der Waals surface area contributed by atoms with E-state index in [1.54, 1.807) is 12.3 Å². The number of hydrogen-bond donors (Lipinski definition) is 2. The Bertz CT molecular complexity index is 509. The molecule has 1 aromatic carbocycles. The van der Waals surface area contributed by atoms with Crippen molar-refractivity contribution in [2.24, 2.45) is 5.84 Å². The van der Waals surface area contributed by atoms with Gasteiger partial charge in [-0.1, -0.05) is 19.1 Å². The first kappa shape index (κ1) is 12.7. The van der Waals surface area contributed by atoms with Crippen LogP contribution in [0.4, 0.5) is 4.39 Å². The van der Waals surface area contributed by atoms with E-state index in [1.807, 2.05) is 16.9 Å². The molecule has 0 bridgehead atoms. The van der Waals surface area contributed by atoms with Gasteiger partial charge in [-0.3, -0.25) is 10.5 Å². The number of aromatic nitrogens is 2. The van der Waals surface area contributed by atoms with Crippen molar-refractivity contribution in [2.75, 3.05) is 0 Å². The highest BCUT2D eigenvalue weighted by Crippen LogP contribution is 2.21. The number of aryl methyl sites for hydroxylation is 1. The second-order valence-electron chi connectivity index (χ2n) is 4.19. The molecule has 1 heterocycles. The van der Waals surface area contributed by atoms with Gasteiger partial charge in [-0.05, 0) is 24.1 Å². The molecule has 1 aromatic heterocycles. The average Bonchev–Trinajstić information content (AvgIpc) is 2.79. The van der Waals surface area contributed by atoms with Crippen LogP contribution >= 0.6 is 0 Å². The fraction of sp³-hybridized carbons (Fsp3) is 0.308. The maximum Gasteiger partial charge on any atom is 0.123 e. The lowest BCUT2D eigenvalue weighted by Crippen LogP contribution is -2.28. The third-order valence-corrected chi connectivity index (χ3v) is 2.79. The minimum Gasteiger partial charge on any atom is -0.272 e. The molecule has 0 aliphatic carbocycles. The van der Waals surface area contributed by atoms with Crippen LogP contribution in [0, 0.1) is 5.82 Å². The zero-order valence-corrected chi connectivity index (χ0v) is 10.3. The predicted molar refractivity (Wildman–Crippen MR) is 68.1 cm³/mol. The minimum absolute atomic E-state index is 0.244. The highest BCUT2D eigenvalue weighted by molar-refractivity contribution is 5.29. The lowest BCUT2D eigenvalue weighted by Gasteiger charge is -2.14. The molecule has 4 nitrogen and oxygen atoms in total. The maximum atomic E-state index is 13.2. The van der Waals surface area contributed by atoms with Gasteiger partial charge in [0, 0.05) is 18.3 Å². The SMILES string of the molecule is CCCn1cc(C(NN)c2cccc(F)c2)cn1. The fourth-order valence-corrected chi connectivity index (χ4v) is 1.95. The van der Waals surface area contributed by atoms with E-state index in [1.165, 1.54) is 12.1 Å². The van der Waals surface area contributed by atoms with E-state index in [4.69, 9.17) is 5.84 Å². The van der Waals surface area contributed by atoms with Gasteiger partial charge in [0.05, 0.1) is 12.2 Å².